The number of hydrogen-bond donors (Lipinski definition) is 0. The predicted molar refractivity (Wildman–Crippen MR) is 43.7 cm³/mol. The molecule has 0 spiro atoms. The topological polar surface area (TPSA) is 102 Å². The molecule has 0 N–H and O–H groups in total. The maximum Gasteiger partial charge on any atom is 0.168 e. The summed E-state index contributed by atoms with van der Waals surface area (Å²) in [6.07, 6.45) is 0.137. The Hall–Kier alpha value is -1.98. The third kappa shape index (κ3) is 1.54. The fourth-order valence-corrected chi connectivity index (χ4v) is 1.40. The van der Waals surface area contributed by atoms with Gasteiger partial charge in [0.1, 0.15) is 36.6 Å². The maximum absolute atomic E-state index is 11.2. The average molecular weight is 210 g/mol. The molecule has 0 saturated heterocycles. The number of rotatable bonds is 3. The van der Waals surface area contributed by atoms with E-state index in [4.69, 9.17) is 0 Å². The Kier molecular flexibility index (Phi) is 2.99. The molecule has 0 heterocycles. The van der Waals surface area contributed by atoms with Crippen LogP contribution in [0.5, 0.6) is 0 Å². The second-order valence-electron chi connectivity index (χ2n) is 3.05. The summed E-state index contributed by atoms with van der Waals surface area (Å²) in [5.41, 5.74) is 0. The van der Waals surface area contributed by atoms with E-state index < -0.39 is 35.1 Å². The molecule has 0 unspecified atom stereocenters. The van der Waals surface area contributed by atoms with Gasteiger partial charge in [0.25, 0.3) is 0 Å². The summed E-state index contributed by atoms with van der Waals surface area (Å²) >= 11 is 0. The van der Waals surface area contributed by atoms with Crippen LogP contribution in [-0.2, 0) is 28.8 Å². The molecule has 0 aromatic rings. The Morgan fingerprint density at radius 1 is 0.600 bits per heavy atom. The molecule has 6 heteroatoms. The molecular formula is C9H6O6. The van der Waals surface area contributed by atoms with Crippen molar-refractivity contribution < 1.29 is 28.8 Å². The van der Waals surface area contributed by atoms with Gasteiger partial charge in [-0.05, 0) is 0 Å². The van der Waals surface area contributed by atoms with Gasteiger partial charge in [0.05, 0.1) is 0 Å². The second-order valence-corrected chi connectivity index (χ2v) is 3.05. The van der Waals surface area contributed by atoms with Crippen LogP contribution in [0.15, 0.2) is 0 Å². The molecule has 0 amide bonds. The summed E-state index contributed by atoms with van der Waals surface area (Å²) in [6.45, 7) is 0. The molecule has 0 aromatic heterocycles. The first-order valence-electron chi connectivity index (χ1n) is 4.05. The highest BCUT2D eigenvalue weighted by molar-refractivity contribution is 6.37. The van der Waals surface area contributed by atoms with Crippen molar-refractivity contribution in [3.63, 3.8) is 0 Å². The number of hydrogen-bond acceptors (Lipinski definition) is 6. The summed E-state index contributed by atoms with van der Waals surface area (Å²) in [6, 6.07) is 0. The number of carbonyl (C=O) groups is 6. The molecule has 15 heavy (non-hydrogen) atoms. The number of Topliss-reactive ketones (excluding diaryl/α,β-unsaturated/α-hetero) is 3. The molecule has 0 radical (unpaired) electrons. The lowest BCUT2D eigenvalue weighted by molar-refractivity contribution is -0.151. The van der Waals surface area contributed by atoms with E-state index in [1.54, 1.807) is 0 Å². The van der Waals surface area contributed by atoms with Crippen LogP contribution >= 0.6 is 0 Å². The Balaban J connectivity index is 3.19. The van der Waals surface area contributed by atoms with E-state index in [0.29, 0.717) is 0 Å². The Bertz CT molecular complexity index is 294. The van der Waals surface area contributed by atoms with E-state index in [1.165, 1.54) is 0 Å². The van der Waals surface area contributed by atoms with Gasteiger partial charge in [0.2, 0.25) is 0 Å². The fourth-order valence-electron chi connectivity index (χ4n) is 1.40. The lowest BCUT2D eigenvalue weighted by Crippen LogP contribution is -2.49. The summed E-state index contributed by atoms with van der Waals surface area (Å²) < 4.78 is 0. The lowest BCUT2D eigenvalue weighted by atomic mass is 9.74. The molecule has 1 aliphatic carbocycles. The van der Waals surface area contributed by atoms with Crippen LogP contribution in [0.3, 0.4) is 0 Å². The normalized spacial score (nSPS) is 31.2. The van der Waals surface area contributed by atoms with Crippen molar-refractivity contribution in [1.29, 1.82) is 0 Å². The highest BCUT2D eigenvalue weighted by atomic mass is 16.2. The first kappa shape index (κ1) is 11.1. The van der Waals surface area contributed by atoms with Gasteiger partial charge >= 0.3 is 0 Å². The van der Waals surface area contributed by atoms with Crippen molar-refractivity contribution in [3.8, 4) is 0 Å². The first-order chi connectivity index (χ1) is 7.08. The first-order valence-corrected chi connectivity index (χ1v) is 4.05. The largest absolute Gasteiger partial charge is 0.302 e. The SMILES string of the molecule is O=CC1C(=O)C(C=O)C(=O)C(C=O)C1=O. The maximum atomic E-state index is 11.2. The van der Waals surface area contributed by atoms with E-state index >= 15 is 0 Å². The van der Waals surface area contributed by atoms with Crippen molar-refractivity contribution in [3.05, 3.63) is 0 Å². The number of ketones is 3. The molecule has 0 atom stereocenters. The molecule has 1 saturated carbocycles. The van der Waals surface area contributed by atoms with E-state index in [1.807, 2.05) is 0 Å². The van der Waals surface area contributed by atoms with E-state index in [9.17, 15) is 28.8 Å². The zero-order valence-electron chi connectivity index (χ0n) is 7.41. The van der Waals surface area contributed by atoms with Gasteiger partial charge in [-0.2, -0.15) is 0 Å². The molecule has 0 aliphatic heterocycles. The Morgan fingerprint density at radius 2 is 0.800 bits per heavy atom. The van der Waals surface area contributed by atoms with E-state index in [0.717, 1.165) is 0 Å². The predicted octanol–water partition coefficient (Wildman–Crippen LogP) is -1.85. The standard InChI is InChI=1S/C9H6O6/c10-1-4-7(13)5(2-11)9(15)6(3-12)8(4)14/h1-6H. The average Bonchev–Trinajstić information content (AvgIpc) is 2.19. The minimum absolute atomic E-state index is 0.0457. The van der Waals surface area contributed by atoms with Gasteiger partial charge < -0.3 is 14.4 Å². The van der Waals surface area contributed by atoms with Crippen LogP contribution in [0, 0.1) is 17.8 Å². The summed E-state index contributed by atoms with van der Waals surface area (Å²) in [5.74, 6) is -8.16. The third-order valence-corrected chi connectivity index (χ3v) is 2.25. The monoisotopic (exact) mass is 210 g/mol. The van der Waals surface area contributed by atoms with E-state index in [2.05, 4.69) is 0 Å². The molecule has 1 fully saturated rings. The molecule has 1 aliphatic rings. The quantitative estimate of drug-likeness (QED) is 0.400. The molecule has 78 valence electrons. The van der Waals surface area contributed by atoms with Gasteiger partial charge in [-0.25, -0.2) is 0 Å². The molecule has 0 bridgehead atoms. The summed E-state index contributed by atoms with van der Waals surface area (Å²) in [7, 11) is 0. The Labute approximate surface area is 83.6 Å². The van der Waals surface area contributed by atoms with Crippen LogP contribution < -0.4 is 0 Å². The van der Waals surface area contributed by atoms with Crippen molar-refractivity contribution in [2.45, 2.75) is 0 Å². The van der Waals surface area contributed by atoms with Crippen LogP contribution in [-0.4, -0.2) is 36.2 Å². The third-order valence-electron chi connectivity index (χ3n) is 2.25. The number of carbonyl (C=O) groups excluding carboxylic acids is 6. The van der Waals surface area contributed by atoms with Crippen molar-refractivity contribution in [2.75, 3.05) is 0 Å². The van der Waals surface area contributed by atoms with Crippen LogP contribution in [0.2, 0.25) is 0 Å². The van der Waals surface area contributed by atoms with E-state index in [-0.39, 0.29) is 18.9 Å². The van der Waals surface area contributed by atoms with Gasteiger partial charge in [-0.15, -0.1) is 0 Å². The fraction of sp³-hybridized carbons (Fsp3) is 0.333. The summed E-state index contributed by atoms with van der Waals surface area (Å²) in [4.78, 5) is 65.0. The van der Waals surface area contributed by atoms with Crippen molar-refractivity contribution in [2.24, 2.45) is 17.8 Å². The minimum Gasteiger partial charge on any atom is -0.302 e. The highest BCUT2D eigenvalue weighted by Gasteiger charge is 2.48. The smallest absolute Gasteiger partial charge is 0.168 e. The Morgan fingerprint density at radius 3 is 0.933 bits per heavy atom. The molecule has 1 rings (SSSR count). The molecule has 0 aromatic carbocycles. The van der Waals surface area contributed by atoms with Crippen LogP contribution in [0.25, 0.3) is 0 Å². The zero-order valence-corrected chi connectivity index (χ0v) is 7.41. The van der Waals surface area contributed by atoms with Gasteiger partial charge in [-0.3, -0.25) is 14.4 Å². The zero-order chi connectivity index (χ0) is 11.6. The second kappa shape index (κ2) is 4.04. The van der Waals surface area contributed by atoms with Crippen molar-refractivity contribution in [1.82, 2.24) is 0 Å². The molecule has 6 nitrogen and oxygen atoms in total. The minimum atomic E-state index is -1.67. The van der Waals surface area contributed by atoms with Crippen molar-refractivity contribution >= 4 is 36.2 Å². The van der Waals surface area contributed by atoms with Gasteiger partial charge in [-0.1, -0.05) is 0 Å². The van der Waals surface area contributed by atoms with Crippen LogP contribution in [0.4, 0.5) is 0 Å². The lowest BCUT2D eigenvalue weighted by Gasteiger charge is -2.22. The van der Waals surface area contributed by atoms with Gasteiger partial charge in [0, 0.05) is 0 Å². The molecular weight excluding hydrogens is 204 g/mol. The number of aldehydes is 3. The highest BCUT2D eigenvalue weighted by Crippen LogP contribution is 2.21. The van der Waals surface area contributed by atoms with Gasteiger partial charge in [0.15, 0.2) is 17.3 Å². The van der Waals surface area contributed by atoms with Crippen LogP contribution in [0.1, 0.15) is 0 Å². The summed E-state index contributed by atoms with van der Waals surface area (Å²) in [5, 5.41) is 0.